The van der Waals surface area contributed by atoms with E-state index in [0.29, 0.717) is 18.1 Å². The third-order valence-corrected chi connectivity index (χ3v) is 7.58. The van der Waals surface area contributed by atoms with Crippen molar-refractivity contribution in [2.75, 3.05) is 25.1 Å². The van der Waals surface area contributed by atoms with Gasteiger partial charge in [-0.05, 0) is 59.7 Å². The van der Waals surface area contributed by atoms with Crippen LogP contribution in [-0.2, 0) is 21.4 Å². The van der Waals surface area contributed by atoms with E-state index in [9.17, 15) is 13.2 Å². The Hall–Kier alpha value is -4.83. The molecule has 206 valence electrons. The summed E-state index contributed by atoms with van der Waals surface area (Å²) in [6.07, 6.45) is 1.46. The minimum absolute atomic E-state index is 0.0266. The number of sulfonamides is 1. The standard InChI is InChI=1S/C30H29N3O6S/c1-37-26-17-18-28(29(19-26)38-2)33(40(35,36)27-11-7-4-8-12-27)21-30(34)32-31-20-23-13-15-25(16-14-23)39-22-24-9-5-3-6-10-24/h3-20H,21-22H2,1-2H3,(H,32,34)/b31-20-. The van der Waals surface area contributed by atoms with Crippen molar-refractivity contribution in [3.8, 4) is 17.2 Å². The van der Waals surface area contributed by atoms with E-state index in [4.69, 9.17) is 14.2 Å². The van der Waals surface area contributed by atoms with Crippen LogP contribution in [0.15, 0.2) is 113 Å². The van der Waals surface area contributed by atoms with E-state index in [1.54, 1.807) is 54.6 Å². The Balaban J connectivity index is 1.46. The Bertz CT molecular complexity index is 1540. The number of carbonyl (C=O) groups is 1. The van der Waals surface area contributed by atoms with Crippen LogP contribution in [0.2, 0.25) is 0 Å². The Kier molecular flexibility index (Phi) is 9.37. The highest BCUT2D eigenvalue weighted by Gasteiger charge is 2.29. The van der Waals surface area contributed by atoms with Crippen molar-refractivity contribution < 1.29 is 27.4 Å². The molecule has 10 heteroatoms. The van der Waals surface area contributed by atoms with Gasteiger partial charge in [-0.15, -0.1) is 0 Å². The van der Waals surface area contributed by atoms with Crippen LogP contribution in [-0.4, -0.2) is 41.3 Å². The van der Waals surface area contributed by atoms with Crippen LogP contribution in [0.1, 0.15) is 11.1 Å². The van der Waals surface area contributed by atoms with Gasteiger partial charge in [0.1, 0.15) is 30.4 Å². The lowest BCUT2D eigenvalue weighted by molar-refractivity contribution is -0.119. The molecule has 0 bridgehead atoms. The molecule has 4 aromatic carbocycles. The van der Waals surface area contributed by atoms with Crippen molar-refractivity contribution in [2.24, 2.45) is 5.10 Å². The van der Waals surface area contributed by atoms with E-state index >= 15 is 0 Å². The molecular formula is C30H29N3O6S. The maximum absolute atomic E-state index is 13.6. The van der Waals surface area contributed by atoms with Crippen LogP contribution in [0.3, 0.4) is 0 Å². The molecule has 0 atom stereocenters. The Morgan fingerprint density at radius 3 is 2.15 bits per heavy atom. The van der Waals surface area contributed by atoms with Crippen LogP contribution in [0, 0.1) is 0 Å². The van der Waals surface area contributed by atoms with Gasteiger partial charge >= 0.3 is 0 Å². The normalized spacial score (nSPS) is 11.2. The predicted octanol–water partition coefficient (Wildman–Crippen LogP) is 4.63. The molecule has 0 heterocycles. The highest BCUT2D eigenvalue weighted by molar-refractivity contribution is 7.92. The number of hydrogen-bond acceptors (Lipinski definition) is 7. The lowest BCUT2D eigenvalue weighted by atomic mass is 10.2. The van der Waals surface area contributed by atoms with E-state index in [1.807, 2.05) is 30.3 Å². The van der Waals surface area contributed by atoms with Gasteiger partial charge in [-0.25, -0.2) is 13.8 Å². The number of hydrogen-bond donors (Lipinski definition) is 1. The van der Waals surface area contributed by atoms with Gasteiger partial charge in [0.05, 0.1) is 31.0 Å². The maximum Gasteiger partial charge on any atom is 0.264 e. The number of ether oxygens (including phenoxy) is 3. The third-order valence-electron chi connectivity index (χ3n) is 5.81. The smallest absolute Gasteiger partial charge is 0.264 e. The van der Waals surface area contributed by atoms with Gasteiger partial charge in [0.2, 0.25) is 0 Å². The number of nitrogens with one attached hydrogen (secondary N) is 1. The summed E-state index contributed by atoms with van der Waals surface area (Å²) in [5, 5.41) is 4.00. The molecule has 0 aliphatic carbocycles. The van der Waals surface area contributed by atoms with Crippen molar-refractivity contribution in [1.82, 2.24) is 5.43 Å². The molecule has 0 aromatic heterocycles. The Morgan fingerprint density at radius 1 is 0.850 bits per heavy atom. The number of benzene rings is 4. The van der Waals surface area contributed by atoms with Crippen molar-refractivity contribution in [1.29, 1.82) is 0 Å². The van der Waals surface area contributed by atoms with Crippen LogP contribution in [0.25, 0.3) is 0 Å². The van der Waals surface area contributed by atoms with Gasteiger partial charge in [-0.1, -0.05) is 48.5 Å². The van der Waals surface area contributed by atoms with Crippen LogP contribution >= 0.6 is 0 Å². The van der Waals surface area contributed by atoms with E-state index in [1.165, 1.54) is 38.6 Å². The Labute approximate surface area is 233 Å². The van der Waals surface area contributed by atoms with Gasteiger partial charge in [-0.3, -0.25) is 9.10 Å². The average molecular weight is 560 g/mol. The summed E-state index contributed by atoms with van der Waals surface area (Å²) < 4.78 is 44.5. The lowest BCUT2D eigenvalue weighted by Crippen LogP contribution is -2.39. The second kappa shape index (κ2) is 13.3. The SMILES string of the molecule is COc1ccc(N(CC(=O)N/N=C\c2ccc(OCc3ccccc3)cc2)S(=O)(=O)c2ccccc2)c(OC)c1. The van der Waals surface area contributed by atoms with Crippen molar-refractivity contribution in [3.63, 3.8) is 0 Å². The number of anilines is 1. The molecule has 4 aromatic rings. The fourth-order valence-electron chi connectivity index (χ4n) is 3.75. The monoisotopic (exact) mass is 559 g/mol. The minimum Gasteiger partial charge on any atom is -0.497 e. The second-order valence-electron chi connectivity index (χ2n) is 8.50. The fraction of sp³-hybridized carbons (Fsp3) is 0.133. The number of methoxy groups -OCH3 is 2. The topological polar surface area (TPSA) is 107 Å². The molecule has 1 N–H and O–H groups in total. The summed E-state index contributed by atoms with van der Waals surface area (Å²) in [5.41, 5.74) is 4.36. The molecule has 0 unspecified atom stereocenters. The highest BCUT2D eigenvalue weighted by Crippen LogP contribution is 2.35. The number of hydrazone groups is 1. The molecule has 40 heavy (non-hydrogen) atoms. The van der Waals surface area contributed by atoms with Crippen molar-refractivity contribution in [3.05, 3.63) is 114 Å². The van der Waals surface area contributed by atoms with E-state index in [-0.39, 0.29) is 16.3 Å². The number of rotatable bonds is 12. The molecule has 0 saturated carbocycles. The molecule has 1 amide bonds. The summed E-state index contributed by atoms with van der Waals surface area (Å²) in [4.78, 5) is 12.9. The molecule has 0 saturated heterocycles. The minimum atomic E-state index is -4.12. The molecule has 0 spiro atoms. The number of nitrogens with zero attached hydrogens (tertiary/aromatic N) is 2. The van der Waals surface area contributed by atoms with Gasteiger partial charge < -0.3 is 14.2 Å². The van der Waals surface area contributed by atoms with E-state index in [0.717, 1.165) is 15.4 Å². The zero-order valence-corrected chi connectivity index (χ0v) is 22.9. The molecular weight excluding hydrogens is 530 g/mol. The summed E-state index contributed by atoms with van der Waals surface area (Å²) in [7, 11) is -1.22. The van der Waals surface area contributed by atoms with Crippen molar-refractivity contribution >= 4 is 27.8 Å². The summed E-state index contributed by atoms with van der Waals surface area (Å²) in [6, 6.07) is 29.5. The molecule has 0 radical (unpaired) electrons. The Morgan fingerprint density at radius 2 is 1.50 bits per heavy atom. The number of amides is 1. The first-order valence-electron chi connectivity index (χ1n) is 12.3. The maximum atomic E-state index is 13.6. The largest absolute Gasteiger partial charge is 0.497 e. The van der Waals surface area contributed by atoms with Gasteiger partial charge in [0.25, 0.3) is 15.9 Å². The molecule has 0 aliphatic heterocycles. The zero-order chi connectivity index (χ0) is 28.4. The van der Waals surface area contributed by atoms with Gasteiger partial charge in [-0.2, -0.15) is 5.10 Å². The summed E-state index contributed by atoms with van der Waals surface area (Å²) in [5.74, 6) is 0.754. The first kappa shape index (κ1) is 28.2. The first-order valence-corrected chi connectivity index (χ1v) is 13.7. The highest BCUT2D eigenvalue weighted by atomic mass is 32.2. The summed E-state index contributed by atoms with van der Waals surface area (Å²) >= 11 is 0. The van der Waals surface area contributed by atoms with Crippen LogP contribution < -0.4 is 23.9 Å². The van der Waals surface area contributed by atoms with Gasteiger partial charge in [0, 0.05) is 6.07 Å². The average Bonchev–Trinajstić information content (AvgIpc) is 3.00. The summed E-state index contributed by atoms with van der Waals surface area (Å²) in [6.45, 7) is -0.0881. The van der Waals surface area contributed by atoms with Crippen LogP contribution in [0.5, 0.6) is 17.2 Å². The van der Waals surface area contributed by atoms with Gasteiger partial charge in [0.15, 0.2) is 0 Å². The lowest BCUT2D eigenvalue weighted by Gasteiger charge is -2.25. The predicted molar refractivity (Wildman–Crippen MR) is 153 cm³/mol. The van der Waals surface area contributed by atoms with Crippen LogP contribution in [0.4, 0.5) is 5.69 Å². The molecule has 9 nitrogen and oxygen atoms in total. The van der Waals surface area contributed by atoms with E-state index < -0.39 is 22.5 Å². The number of carbonyl (C=O) groups excluding carboxylic acids is 1. The zero-order valence-electron chi connectivity index (χ0n) is 22.1. The third kappa shape index (κ3) is 7.17. The fourth-order valence-corrected chi connectivity index (χ4v) is 5.20. The molecule has 0 aliphatic rings. The molecule has 4 rings (SSSR count). The van der Waals surface area contributed by atoms with Crippen molar-refractivity contribution in [2.45, 2.75) is 11.5 Å². The molecule has 0 fully saturated rings. The first-order chi connectivity index (χ1) is 19.4. The second-order valence-corrected chi connectivity index (χ2v) is 10.4. The quantitative estimate of drug-likeness (QED) is 0.200. The van der Waals surface area contributed by atoms with E-state index in [2.05, 4.69) is 10.5 Å².